The van der Waals surface area contributed by atoms with Crippen LogP contribution in [0.1, 0.15) is 26.2 Å². The van der Waals surface area contributed by atoms with Crippen LogP contribution in [-0.4, -0.2) is 10.5 Å². The van der Waals surface area contributed by atoms with Crippen LogP contribution in [0.25, 0.3) is 0 Å². The Kier molecular flexibility index (Phi) is 6.32. The molecule has 0 rings (SSSR count). The van der Waals surface area contributed by atoms with E-state index in [1.807, 2.05) is 0 Å². The molecule has 0 radical (unpaired) electrons. The van der Waals surface area contributed by atoms with E-state index in [4.69, 9.17) is 5.73 Å². The lowest BCUT2D eigenvalue weighted by Crippen LogP contribution is -2.17. The molecule has 0 aromatic rings. The van der Waals surface area contributed by atoms with Gasteiger partial charge in [-0.05, 0) is 23.7 Å². The highest BCUT2D eigenvalue weighted by Crippen LogP contribution is 1.99. The Hall–Kier alpha value is 0.690. The van der Waals surface area contributed by atoms with Gasteiger partial charge in [0.25, 0.3) is 0 Å². The molecule has 2 N–H and O–H groups in total. The zero-order chi connectivity index (χ0) is 6.41. The van der Waals surface area contributed by atoms with Crippen molar-refractivity contribution >= 4 is 22.6 Å². The van der Waals surface area contributed by atoms with Crippen molar-refractivity contribution < 1.29 is 0 Å². The van der Waals surface area contributed by atoms with Crippen molar-refractivity contribution in [3.05, 3.63) is 0 Å². The van der Waals surface area contributed by atoms with Gasteiger partial charge in [0.15, 0.2) is 0 Å². The molecular weight excluding hydrogens is 213 g/mol. The molecule has 0 bridgehead atoms. The lowest BCUT2D eigenvalue weighted by molar-refractivity contribution is 0.591. The summed E-state index contributed by atoms with van der Waals surface area (Å²) in [5, 5.41) is 0. The molecule has 0 spiro atoms. The molecule has 1 atom stereocenters. The quantitative estimate of drug-likeness (QED) is 0.576. The maximum atomic E-state index is 5.66. The fraction of sp³-hybridized carbons (Fsp3) is 1.00. The Morgan fingerprint density at radius 1 is 1.62 bits per heavy atom. The van der Waals surface area contributed by atoms with E-state index in [0.29, 0.717) is 6.04 Å². The first-order valence-electron chi connectivity index (χ1n) is 3.12. The van der Waals surface area contributed by atoms with Crippen molar-refractivity contribution in [3.63, 3.8) is 0 Å². The second kappa shape index (κ2) is 5.82. The number of alkyl halides is 1. The third-order valence-corrected chi connectivity index (χ3v) is 2.00. The zero-order valence-electron chi connectivity index (χ0n) is 5.36. The van der Waals surface area contributed by atoms with E-state index in [0.717, 1.165) is 6.42 Å². The van der Waals surface area contributed by atoms with Gasteiger partial charge in [0.1, 0.15) is 0 Å². The van der Waals surface area contributed by atoms with Crippen molar-refractivity contribution in [3.8, 4) is 0 Å². The summed E-state index contributed by atoms with van der Waals surface area (Å²) in [5.74, 6) is 0. The molecule has 0 saturated carbocycles. The molecule has 1 nitrogen and oxygen atoms in total. The number of nitrogens with two attached hydrogens (primary N) is 1. The Morgan fingerprint density at radius 3 is 2.62 bits per heavy atom. The highest BCUT2D eigenvalue weighted by molar-refractivity contribution is 14.1. The van der Waals surface area contributed by atoms with Gasteiger partial charge in [-0.1, -0.05) is 29.5 Å². The first kappa shape index (κ1) is 8.69. The van der Waals surface area contributed by atoms with E-state index >= 15 is 0 Å². The SMILES string of the molecule is CCC(N)CCCI. The summed E-state index contributed by atoms with van der Waals surface area (Å²) in [7, 11) is 0. The van der Waals surface area contributed by atoms with E-state index in [1.165, 1.54) is 17.3 Å². The predicted molar refractivity (Wildman–Crippen MR) is 46.4 cm³/mol. The van der Waals surface area contributed by atoms with Gasteiger partial charge in [-0.25, -0.2) is 0 Å². The average molecular weight is 227 g/mol. The highest BCUT2D eigenvalue weighted by Gasteiger charge is 1.95. The van der Waals surface area contributed by atoms with Crippen molar-refractivity contribution in [2.75, 3.05) is 4.43 Å². The summed E-state index contributed by atoms with van der Waals surface area (Å²) >= 11 is 2.38. The fourth-order valence-electron chi connectivity index (χ4n) is 0.543. The van der Waals surface area contributed by atoms with Gasteiger partial charge >= 0.3 is 0 Å². The van der Waals surface area contributed by atoms with Crippen LogP contribution >= 0.6 is 22.6 Å². The molecule has 1 unspecified atom stereocenters. The summed E-state index contributed by atoms with van der Waals surface area (Å²) in [5.41, 5.74) is 5.66. The van der Waals surface area contributed by atoms with E-state index in [1.54, 1.807) is 0 Å². The Labute approximate surface area is 65.2 Å². The van der Waals surface area contributed by atoms with Crippen molar-refractivity contribution in [1.82, 2.24) is 0 Å². The third-order valence-electron chi connectivity index (χ3n) is 1.23. The molecule has 0 aromatic carbocycles. The molecule has 0 amide bonds. The van der Waals surface area contributed by atoms with Crippen molar-refractivity contribution in [2.24, 2.45) is 5.73 Å². The van der Waals surface area contributed by atoms with Crippen LogP contribution in [0.2, 0.25) is 0 Å². The van der Waals surface area contributed by atoms with E-state index in [9.17, 15) is 0 Å². The molecule has 0 saturated heterocycles. The van der Waals surface area contributed by atoms with E-state index in [-0.39, 0.29) is 0 Å². The van der Waals surface area contributed by atoms with Gasteiger partial charge in [0, 0.05) is 6.04 Å². The van der Waals surface area contributed by atoms with Crippen LogP contribution in [0.3, 0.4) is 0 Å². The summed E-state index contributed by atoms with van der Waals surface area (Å²) in [6.07, 6.45) is 3.59. The normalized spacial score (nSPS) is 13.9. The minimum absolute atomic E-state index is 0.449. The number of rotatable bonds is 4. The molecule has 8 heavy (non-hydrogen) atoms. The summed E-state index contributed by atoms with van der Waals surface area (Å²) in [6.45, 7) is 2.14. The maximum Gasteiger partial charge on any atom is 0.00364 e. The van der Waals surface area contributed by atoms with Gasteiger partial charge in [-0.3, -0.25) is 0 Å². The van der Waals surface area contributed by atoms with Gasteiger partial charge in [0.2, 0.25) is 0 Å². The minimum Gasteiger partial charge on any atom is -0.328 e. The van der Waals surface area contributed by atoms with Crippen molar-refractivity contribution in [2.45, 2.75) is 32.2 Å². The fourth-order valence-corrected chi connectivity index (χ4v) is 0.984. The number of hydrogen-bond donors (Lipinski definition) is 1. The number of hydrogen-bond acceptors (Lipinski definition) is 1. The lowest BCUT2D eigenvalue weighted by atomic mass is 10.1. The van der Waals surface area contributed by atoms with E-state index in [2.05, 4.69) is 29.5 Å². The van der Waals surface area contributed by atoms with Crippen LogP contribution in [0.15, 0.2) is 0 Å². The van der Waals surface area contributed by atoms with Gasteiger partial charge < -0.3 is 5.73 Å². The van der Waals surface area contributed by atoms with Crippen LogP contribution in [0.4, 0.5) is 0 Å². The van der Waals surface area contributed by atoms with Crippen LogP contribution in [0, 0.1) is 0 Å². The molecule has 0 aliphatic heterocycles. The highest BCUT2D eigenvalue weighted by atomic mass is 127. The van der Waals surface area contributed by atoms with Crippen LogP contribution in [0.5, 0.6) is 0 Å². The average Bonchev–Trinajstić information content (AvgIpc) is 1.83. The Balaban J connectivity index is 2.86. The monoisotopic (exact) mass is 227 g/mol. The molecule has 0 heterocycles. The summed E-state index contributed by atoms with van der Waals surface area (Å²) < 4.78 is 1.24. The molecule has 50 valence electrons. The molecular formula is C6H14IN. The second-order valence-corrected chi connectivity index (χ2v) is 3.08. The zero-order valence-corrected chi connectivity index (χ0v) is 7.52. The molecule has 0 aliphatic carbocycles. The topological polar surface area (TPSA) is 26.0 Å². The minimum atomic E-state index is 0.449. The molecule has 0 aliphatic rings. The maximum absolute atomic E-state index is 5.66. The Bertz CT molecular complexity index is 47.8. The molecule has 0 aromatic heterocycles. The van der Waals surface area contributed by atoms with Crippen molar-refractivity contribution in [1.29, 1.82) is 0 Å². The van der Waals surface area contributed by atoms with Gasteiger partial charge in [0.05, 0.1) is 0 Å². The summed E-state index contributed by atoms with van der Waals surface area (Å²) in [4.78, 5) is 0. The largest absolute Gasteiger partial charge is 0.328 e. The second-order valence-electron chi connectivity index (χ2n) is 2.00. The number of halogens is 1. The third kappa shape index (κ3) is 4.84. The standard InChI is InChI=1S/C6H14IN/c1-2-6(8)4-3-5-7/h6H,2-5,8H2,1H3. The molecule has 2 heteroatoms. The van der Waals surface area contributed by atoms with E-state index < -0.39 is 0 Å². The Morgan fingerprint density at radius 2 is 2.25 bits per heavy atom. The first-order chi connectivity index (χ1) is 3.81. The lowest BCUT2D eigenvalue weighted by Gasteiger charge is -2.04. The molecule has 0 fully saturated rings. The predicted octanol–water partition coefficient (Wildman–Crippen LogP) is 1.94. The first-order valence-corrected chi connectivity index (χ1v) is 4.65. The van der Waals surface area contributed by atoms with Crippen LogP contribution < -0.4 is 5.73 Å². The van der Waals surface area contributed by atoms with Crippen LogP contribution in [-0.2, 0) is 0 Å². The van der Waals surface area contributed by atoms with Gasteiger partial charge in [-0.2, -0.15) is 0 Å². The smallest absolute Gasteiger partial charge is 0.00364 e. The van der Waals surface area contributed by atoms with Gasteiger partial charge in [-0.15, -0.1) is 0 Å². The summed E-state index contributed by atoms with van der Waals surface area (Å²) in [6, 6.07) is 0.449.